The molecule has 3 heteroatoms. The molecule has 1 aliphatic rings. The van der Waals surface area contributed by atoms with E-state index in [1.807, 2.05) is 0 Å². The molecule has 90 valence electrons. The predicted octanol–water partition coefficient (Wildman–Crippen LogP) is 2.20. The molecule has 2 rings (SSSR count). The predicted molar refractivity (Wildman–Crippen MR) is 70.9 cm³/mol. The van der Waals surface area contributed by atoms with Crippen LogP contribution in [0.15, 0.2) is 24.3 Å². The number of likely N-dealkylation sites (tertiary alicyclic amines) is 1. The molecule has 0 saturated carbocycles. The van der Waals surface area contributed by atoms with Crippen LogP contribution in [0.1, 0.15) is 24.5 Å². The van der Waals surface area contributed by atoms with Gasteiger partial charge in [0.15, 0.2) is 0 Å². The van der Waals surface area contributed by atoms with E-state index in [-0.39, 0.29) is 12.4 Å². The smallest absolute Gasteiger partial charge is 0.0234 e. The van der Waals surface area contributed by atoms with Crippen LogP contribution in [0.5, 0.6) is 0 Å². The Morgan fingerprint density at radius 2 is 1.88 bits per heavy atom. The highest BCUT2D eigenvalue weighted by Gasteiger charge is 2.18. The number of rotatable bonds is 3. The lowest BCUT2D eigenvalue weighted by Gasteiger charge is -2.15. The maximum absolute atomic E-state index is 5.88. The fourth-order valence-electron chi connectivity index (χ4n) is 2.14. The van der Waals surface area contributed by atoms with Crippen molar-refractivity contribution >= 4 is 12.4 Å². The minimum atomic E-state index is 0. The van der Waals surface area contributed by atoms with Gasteiger partial charge in [0.05, 0.1) is 0 Å². The monoisotopic (exact) mass is 240 g/mol. The van der Waals surface area contributed by atoms with E-state index < -0.39 is 0 Å². The van der Waals surface area contributed by atoms with Gasteiger partial charge in [-0.25, -0.2) is 0 Å². The molecular weight excluding hydrogens is 220 g/mol. The first kappa shape index (κ1) is 13.5. The molecule has 1 atom stereocenters. The molecule has 1 aliphatic heterocycles. The van der Waals surface area contributed by atoms with Gasteiger partial charge in [-0.1, -0.05) is 31.2 Å². The standard InChI is InChI=1S/C13H20N2.ClH/c1-2-11-3-5-12(6-4-11)9-15-8-7-13(14)10-15;/h3-6,13H,2,7-10,14H2,1H3;1H/t13-;/m1./s1. The van der Waals surface area contributed by atoms with Gasteiger partial charge in [0.1, 0.15) is 0 Å². The molecule has 16 heavy (non-hydrogen) atoms. The second kappa shape index (κ2) is 6.24. The van der Waals surface area contributed by atoms with Crippen LogP contribution in [-0.4, -0.2) is 24.0 Å². The van der Waals surface area contributed by atoms with E-state index in [2.05, 4.69) is 36.1 Å². The van der Waals surface area contributed by atoms with E-state index in [9.17, 15) is 0 Å². The van der Waals surface area contributed by atoms with Gasteiger partial charge in [-0.15, -0.1) is 12.4 Å². The average molecular weight is 241 g/mol. The topological polar surface area (TPSA) is 29.3 Å². The first-order valence-corrected chi connectivity index (χ1v) is 5.83. The van der Waals surface area contributed by atoms with Crippen LogP contribution in [0.3, 0.4) is 0 Å². The zero-order valence-electron chi connectivity index (χ0n) is 9.86. The van der Waals surface area contributed by atoms with Crippen LogP contribution in [-0.2, 0) is 13.0 Å². The average Bonchev–Trinajstić information content (AvgIpc) is 2.65. The molecule has 1 heterocycles. The first-order chi connectivity index (χ1) is 7.28. The molecule has 1 saturated heterocycles. The van der Waals surface area contributed by atoms with Crippen LogP contribution in [0.25, 0.3) is 0 Å². The summed E-state index contributed by atoms with van der Waals surface area (Å²) in [5.41, 5.74) is 8.70. The van der Waals surface area contributed by atoms with E-state index >= 15 is 0 Å². The molecule has 0 unspecified atom stereocenters. The van der Waals surface area contributed by atoms with Gasteiger partial charge in [0.2, 0.25) is 0 Å². The number of hydrogen-bond acceptors (Lipinski definition) is 2. The first-order valence-electron chi connectivity index (χ1n) is 5.83. The number of nitrogens with zero attached hydrogens (tertiary/aromatic N) is 1. The normalized spacial score (nSPS) is 20.8. The minimum Gasteiger partial charge on any atom is -0.326 e. The number of halogens is 1. The van der Waals surface area contributed by atoms with Crippen molar-refractivity contribution in [2.75, 3.05) is 13.1 Å². The quantitative estimate of drug-likeness (QED) is 0.878. The molecule has 0 radical (unpaired) electrons. The second-order valence-electron chi connectivity index (χ2n) is 4.45. The van der Waals surface area contributed by atoms with E-state index in [0.29, 0.717) is 6.04 Å². The SMILES string of the molecule is CCc1ccc(CN2CC[C@@H](N)C2)cc1.Cl. The highest BCUT2D eigenvalue weighted by atomic mass is 35.5. The highest BCUT2D eigenvalue weighted by Crippen LogP contribution is 2.13. The minimum absolute atomic E-state index is 0. The zero-order chi connectivity index (χ0) is 10.7. The Balaban J connectivity index is 0.00000128. The summed E-state index contributed by atoms with van der Waals surface area (Å²) in [6.07, 6.45) is 2.27. The van der Waals surface area contributed by atoms with Crippen molar-refractivity contribution in [2.24, 2.45) is 5.73 Å². The third kappa shape index (κ3) is 3.48. The molecule has 1 aromatic rings. The van der Waals surface area contributed by atoms with Gasteiger partial charge in [-0.2, -0.15) is 0 Å². The summed E-state index contributed by atoms with van der Waals surface area (Å²) in [5, 5.41) is 0. The summed E-state index contributed by atoms with van der Waals surface area (Å²) in [7, 11) is 0. The van der Waals surface area contributed by atoms with Crippen molar-refractivity contribution in [3.05, 3.63) is 35.4 Å². The Bertz CT molecular complexity index is 310. The Labute approximate surface area is 104 Å². The Morgan fingerprint density at radius 3 is 2.38 bits per heavy atom. The lowest BCUT2D eigenvalue weighted by molar-refractivity contribution is 0.327. The van der Waals surface area contributed by atoms with Crippen LogP contribution in [0, 0.1) is 0 Å². The van der Waals surface area contributed by atoms with Gasteiger partial charge in [0.25, 0.3) is 0 Å². The molecule has 0 bridgehead atoms. The van der Waals surface area contributed by atoms with Crippen LogP contribution < -0.4 is 5.73 Å². The van der Waals surface area contributed by atoms with Crippen molar-refractivity contribution in [3.8, 4) is 0 Å². The van der Waals surface area contributed by atoms with Gasteiger partial charge in [0, 0.05) is 25.7 Å². The summed E-state index contributed by atoms with van der Waals surface area (Å²) >= 11 is 0. The number of aryl methyl sites for hydroxylation is 1. The van der Waals surface area contributed by atoms with Crippen molar-refractivity contribution < 1.29 is 0 Å². The zero-order valence-corrected chi connectivity index (χ0v) is 10.7. The van der Waals surface area contributed by atoms with Gasteiger partial charge >= 0.3 is 0 Å². The lowest BCUT2D eigenvalue weighted by atomic mass is 10.1. The van der Waals surface area contributed by atoms with Crippen molar-refractivity contribution in [1.29, 1.82) is 0 Å². The summed E-state index contributed by atoms with van der Waals surface area (Å²) in [6, 6.07) is 9.32. The number of hydrogen-bond donors (Lipinski definition) is 1. The Morgan fingerprint density at radius 1 is 1.25 bits per heavy atom. The van der Waals surface area contributed by atoms with E-state index in [0.717, 1.165) is 32.5 Å². The molecule has 0 aliphatic carbocycles. The third-order valence-corrected chi connectivity index (χ3v) is 3.15. The summed E-state index contributed by atoms with van der Waals surface area (Å²) in [4.78, 5) is 2.44. The number of benzene rings is 1. The fourth-order valence-corrected chi connectivity index (χ4v) is 2.14. The van der Waals surface area contributed by atoms with Crippen LogP contribution >= 0.6 is 12.4 Å². The lowest BCUT2D eigenvalue weighted by Crippen LogP contribution is -2.26. The van der Waals surface area contributed by atoms with E-state index in [4.69, 9.17) is 5.73 Å². The fraction of sp³-hybridized carbons (Fsp3) is 0.538. The third-order valence-electron chi connectivity index (χ3n) is 3.15. The number of nitrogens with two attached hydrogens (primary N) is 1. The summed E-state index contributed by atoms with van der Waals surface area (Å²) in [5.74, 6) is 0. The maximum Gasteiger partial charge on any atom is 0.0234 e. The largest absolute Gasteiger partial charge is 0.326 e. The molecular formula is C13H21ClN2. The molecule has 1 aromatic carbocycles. The Hall–Kier alpha value is -0.570. The molecule has 0 spiro atoms. The molecule has 0 amide bonds. The molecule has 1 fully saturated rings. The van der Waals surface area contributed by atoms with Gasteiger partial charge < -0.3 is 5.73 Å². The van der Waals surface area contributed by atoms with Crippen molar-refractivity contribution in [3.63, 3.8) is 0 Å². The summed E-state index contributed by atoms with van der Waals surface area (Å²) in [6.45, 7) is 5.44. The Kier molecular flexibility index (Phi) is 5.26. The molecule has 0 aromatic heterocycles. The van der Waals surface area contributed by atoms with Crippen LogP contribution in [0.2, 0.25) is 0 Å². The molecule has 2 N–H and O–H groups in total. The van der Waals surface area contributed by atoms with Gasteiger partial charge in [-0.05, 0) is 24.0 Å². The highest BCUT2D eigenvalue weighted by molar-refractivity contribution is 5.85. The second-order valence-corrected chi connectivity index (χ2v) is 4.45. The summed E-state index contributed by atoms with van der Waals surface area (Å²) < 4.78 is 0. The van der Waals surface area contributed by atoms with Gasteiger partial charge in [-0.3, -0.25) is 4.90 Å². The maximum atomic E-state index is 5.88. The van der Waals surface area contributed by atoms with E-state index in [1.165, 1.54) is 11.1 Å². The van der Waals surface area contributed by atoms with Crippen molar-refractivity contribution in [1.82, 2.24) is 4.90 Å². The van der Waals surface area contributed by atoms with Crippen LogP contribution in [0.4, 0.5) is 0 Å². The van der Waals surface area contributed by atoms with E-state index in [1.54, 1.807) is 0 Å². The molecule has 2 nitrogen and oxygen atoms in total. The van der Waals surface area contributed by atoms with Crippen molar-refractivity contribution in [2.45, 2.75) is 32.4 Å².